The predicted molar refractivity (Wildman–Crippen MR) is 80.4 cm³/mol. The van der Waals surface area contributed by atoms with Crippen LogP contribution >= 0.6 is 22.9 Å². The van der Waals surface area contributed by atoms with Gasteiger partial charge in [-0.3, -0.25) is 0 Å². The van der Waals surface area contributed by atoms with Gasteiger partial charge in [0.15, 0.2) is 0 Å². The Morgan fingerprint density at radius 2 is 1.89 bits per heavy atom. The van der Waals surface area contributed by atoms with Crippen LogP contribution in [-0.2, 0) is 6.42 Å². The first kappa shape index (κ1) is 13.6. The van der Waals surface area contributed by atoms with Crippen LogP contribution in [0.15, 0.2) is 42.5 Å². The van der Waals surface area contributed by atoms with Gasteiger partial charge in [-0.15, -0.1) is 11.3 Å². The van der Waals surface area contributed by atoms with E-state index in [-0.39, 0.29) is 0 Å². The minimum absolute atomic E-state index is 0.382. The SMILES string of the molecule is CNC(c1ccccc1)C(C)Cc1ccc(Cl)s1. The molecule has 0 amide bonds. The normalized spacial score (nSPS) is 14.4. The topological polar surface area (TPSA) is 12.0 Å². The number of thiophene rings is 1. The molecule has 3 heteroatoms. The van der Waals surface area contributed by atoms with Crippen molar-refractivity contribution in [1.82, 2.24) is 5.32 Å². The number of benzene rings is 1. The third kappa shape index (κ3) is 3.35. The van der Waals surface area contributed by atoms with Gasteiger partial charge >= 0.3 is 0 Å². The van der Waals surface area contributed by atoms with Gasteiger partial charge in [0.1, 0.15) is 0 Å². The Hall–Kier alpha value is -0.830. The maximum Gasteiger partial charge on any atom is 0.0931 e. The second kappa shape index (κ2) is 6.37. The summed E-state index contributed by atoms with van der Waals surface area (Å²) in [7, 11) is 2.02. The fraction of sp³-hybridized carbons (Fsp3) is 0.333. The maximum absolute atomic E-state index is 5.98. The van der Waals surface area contributed by atoms with Gasteiger partial charge in [-0.2, -0.15) is 0 Å². The van der Waals surface area contributed by atoms with E-state index in [0.29, 0.717) is 12.0 Å². The van der Waals surface area contributed by atoms with E-state index >= 15 is 0 Å². The van der Waals surface area contributed by atoms with Gasteiger partial charge in [-0.25, -0.2) is 0 Å². The molecule has 0 aliphatic heterocycles. The summed E-state index contributed by atoms with van der Waals surface area (Å²) in [5.74, 6) is 0.534. The standard InChI is InChI=1S/C15H18ClNS/c1-11(10-13-8-9-14(16)18-13)15(17-2)12-6-4-3-5-7-12/h3-9,11,15,17H,10H2,1-2H3. The summed E-state index contributed by atoms with van der Waals surface area (Å²) in [6.07, 6.45) is 1.05. The van der Waals surface area contributed by atoms with Gasteiger partial charge in [0.2, 0.25) is 0 Å². The number of halogens is 1. The Balaban J connectivity index is 2.08. The minimum Gasteiger partial charge on any atom is -0.313 e. The average Bonchev–Trinajstić information content (AvgIpc) is 2.77. The van der Waals surface area contributed by atoms with Crippen LogP contribution in [0.4, 0.5) is 0 Å². The molecule has 2 rings (SSSR count). The van der Waals surface area contributed by atoms with Crippen LogP contribution in [0.25, 0.3) is 0 Å². The molecule has 0 aliphatic carbocycles. The van der Waals surface area contributed by atoms with Crippen LogP contribution < -0.4 is 5.32 Å². The zero-order valence-corrected chi connectivity index (χ0v) is 12.3. The van der Waals surface area contributed by atoms with Gasteiger partial charge in [0.25, 0.3) is 0 Å². The molecule has 2 aromatic rings. The van der Waals surface area contributed by atoms with Crippen molar-refractivity contribution < 1.29 is 0 Å². The van der Waals surface area contributed by atoms with Crippen LogP contribution in [0, 0.1) is 5.92 Å². The summed E-state index contributed by atoms with van der Waals surface area (Å²) in [4.78, 5) is 1.35. The summed E-state index contributed by atoms with van der Waals surface area (Å²) >= 11 is 7.65. The van der Waals surface area contributed by atoms with Crippen LogP contribution in [0.2, 0.25) is 4.34 Å². The van der Waals surface area contributed by atoms with Crippen molar-refractivity contribution in [2.75, 3.05) is 7.05 Å². The minimum atomic E-state index is 0.382. The van der Waals surface area contributed by atoms with Crippen LogP contribution in [0.3, 0.4) is 0 Å². The molecule has 2 unspecified atom stereocenters. The van der Waals surface area contributed by atoms with E-state index in [2.05, 4.69) is 48.6 Å². The summed E-state index contributed by atoms with van der Waals surface area (Å²) in [6.45, 7) is 2.28. The largest absolute Gasteiger partial charge is 0.313 e. The molecule has 0 radical (unpaired) electrons. The third-order valence-corrected chi connectivity index (χ3v) is 4.44. The van der Waals surface area contributed by atoms with E-state index in [4.69, 9.17) is 11.6 Å². The molecular formula is C15H18ClNS. The zero-order valence-electron chi connectivity index (χ0n) is 10.7. The average molecular weight is 280 g/mol. The lowest BCUT2D eigenvalue weighted by molar-refractivity contribution is 0.411. The van der Waals surface area contributed by atoms with Crippen molar-refractivity contribution in [2.45, 2.75) is 19.4 Å². The van der Waals surface area contributed by atoms with Crippen molar-refractivity contribution in [1.29, 1.82) is 0 Å². The lowest BCUT2D eigenvalue weighted by Crippen LogP contribution is -2.24. The number of rotatable bonds is 5. The second-order valence-corrected chi connectivity index (χ2v) is 6.36. The van der Waals surface area contributed by atoms with Crippen molar-refractivity contribution >= 4 is 22.9 Å². The first-order valence-corrected chi connectivity index (χ1v) is 7.36. The Bertz CT molecular complexity index is 480. The summed E-state index contributed by atoms with van der Waals surface area (Å²) in [5, 5.41) is 3.42. The quantitative estimate of drug-likeness (QED) is 0.847. The molecule has 1 aromatic carbocycles. The smallest absolute Gasteiger partial charge is 0.0931 e. The van der Waals surface area contributed by atoms with Crippen molar-refractivity contribution in [3.8, 4) is 0 Å². The fourth-order valence-electron chi connectivity index (χ4n) is 2.34. The van der Waals surface area contributed by atoms with E-state index in [0.717, 1.165) is 10.8 Å². The molecule has 0 spiro atoms. The Morgan fingerprint density at radius 3 is 2.44 bits per heavy atom. The lowest BCUT2D eigenvalue weighted by Gasteiger charge is -2.23. The molecule has 0 aliphatic rings. The van der Waals surface area contributed by atoms with Gasteiger partial charge < -0.3 is 5.32 Å². The molecule has 18 heavy (non-hydrogen) atoms. The number of hydrogen-bond donors (Lipinski definition) is 1. The molecule has 1 heterocycles. The van der Waals surface area contributed by atoms with Crippen LogP contribution in [0.1, 0.15) is 23.4 Å². The molecule has 1 aromatic heterocycles. The van der Waals surface area contributed by atoms with Crippen molar-refractivity contribution in [3.63, 3.8) is 0 Å². The zero-order chi connectivity index (χ0) is 13.0. The lowest BCUT2D eigenvalue weighted by atomic mass is 9.91. The van der Waals surface area contributed by atoms with Gasteiger partial charge in [-0.1, -0.05) is 48.9 Å². The van der Waals surface area contributed by atoms with E-state index in [9.17, 15) is 0 Å². The summed E-state index contributed by atoms with van der Waals surface area (Å²) in [6, 6.07) is 15.1. The first-order valence-electron chi connectivity index (χ1n) is 6.17. The Morgan fingerprint density at radius 1 is 1.17 bits per heavy atom. The van der Waals surface area contributed by atoms with Crippen molar-refractivity contribution in [3.05, 3.63) is 57.2 Å². The molecule has 96 valence electrons. The Labute approximate surface area is 118 Å². The first-order chi connectivity index (χ1) is 8.70. The maximum atomic E-state index is 5.98. The molecule has 0 bridgehead atoms. The molecule has 0 saturated carbocycles. The summed E-state index contributed by atoms with van der Waals surface area (Å²) in [5.41, 5.74) is 1.34. The second-order valence-electron chi connectivity index (χ2n) is 4.56. The van der Waals surface area contributed by atoms with Crippen LogP contribution in [-0.4, -0.2) is 7.05 Å². The molecule has 1 N–H and O–H groups in total. The van der Waals surface area contributed by atoms with E-state index in [1.54, 1.807) is 11.3 Å². The molecule has 0 fully saturated rings. The van der Waals surface area contributed by atoms with E-state index in [1.807, 2.05) is 13.1 Å². The molecule has 1 nitrogen and oxygen atoms in total. The van der Waals surface area contributed by atoms with Crippen molar-refractivity contribution in [2.24, 2.45) is 5.92 Å². The molecular weight excluding hydrogens is 262 g/mol. The highest BCUT2D eigenvalue weighted by Crippen LogP contribution is 2.29. The highest BCUT2D eigenvalue weighted by atomic mass is 35.5. The highest BCUT2D eigenvalue weighted by molar-refractivity contribution is 7.16. The number of hydrogen-bond acceptors (Lipinski definition) is 2. The Kier molecular flexibility index (Phi) is 4.81. The molecule has 2 atom stereocenters. The van der Waals surface area contributed by atoms with Gasteiger partial charge in [0, 0.05) is 10.9 Å². The number of nitrogens with one attached hydrogen (secondary N) is 1. The third-order valence-electron chi connectivity index (χ3n) is 3.19. The molecule has 0 saturated heterocycles. The van der Waals surface area contributed by atoms with E-state index in [1.165, 1.54) is 10.4 Å². The van der Waals surface area contributed by atoms with E-state index < -0.39 is 0 Å². The summed E-state index contributed by atoms with van der Waals surface area (Å²) < 4.78 is 0.873. The van der Waals surface area contributed by atoms with Gasteiger partial charge in [-0.05, 0) is 37.1 Å². The monoisotopic (exact) mass is 279 g/mol. The predicted octanol–water partition coefficient (Wildman–Crippen LogP) is 4.54. The highest BCUT2D eigenvalue weighted by Gasteiger charge is 2.18. The fourth-order valence-corrected chi connectivity index (χ4v) is 3.57. The van der Waals surface area contributed by atoms with Gasteiger partial charge in [0.05, 0.1) is 4.34 Å². The van der Waals surface area contributed by atoms with Crippen LogP contribution in [0.5, 0.6) is 0 Å².